The van der Waals surface area contributed by atoms with Crippen LogP contribution < -0.4 is 0 Å². The van der Waals surface area contributed by atoms with Gasteiger partial charge in [-0.25, -0.2) is 9.59 Å². The molecule has 23 heavy (non-hydrogen) atoms. The van der Waals surface area contributed by atoms with Crippen molar-refractivity contribution in [3.63, 3.8) is 0 Å². The summed E-state index contributed by atoms with van der Waals surface area (Å²) in [6.45, 7) is 7.43. The monoisotopic (exact) mass is 449 g/mol. The Bertz CT molecular complexity index is 584. The molecule has 0 heterocycles. The zero-order chi connectivity index (χ0) is 17.8. The number of ether oxygens (including phenoxy) is 1. The summed E-state index contributed by atoms with van der Waals surface area (Å²) in [6, 6.07) is 4.01. The first-order chi connectivity index (χ1) is 10.6. The Balaban J connectivity index is 3.23. The molecule has 1 aromatic carbocycles. The average molecular weight is 451 g/mol. The first kappa shape index (κ1) is 20.0. The lowest BCUT2D eigenvalue weighted by Gasteiger charge is -2.31. The summed E-state index contributed by atoms with van der Waals surface area (Å²) < 4.78 is 6.90. The zero-order valence-corrected chi connectivity index (χ0v) is 16.8. The highest BCUT2D eigenvalue weighted by Gasteiger charge is 2.33. The summed E-state index contributed by atoms with van der Waals surface area (Å²) >= 11 is 6.72. The SMILES string of the molecule is CCCN(C(=O)OC(C)(C)C)C(C(=O)O)c1ccc(Br)c(Br)c1. The fourth-order valence-corrected chi connectivity index (χ4v) is 2.67. The second kappa shape index (κ2) is 8.15. The number of hydrogen-bond donors (Lipinski definition) is 1. The van der Waals surface area contributed by atoms with Gasteiger partial charge in [0.25, 0.3) is 0 Å². The maximum Gasteiger partial charge on any atom is 0.411 e. The lowest BCUT2D eigenvalue weighted by Crippen LogP contribution is -2.42. The van der Waals surface area contributed by atoms with E-state index in [1.807, 2.05) is 6.92 Å². The summed E-state index contributed by atoms with van der Waals surface area (Å²) in [4.78, 5) is 25.5. The van der Waals surface area contributed by atoms with Gasteiger partial charge in [0.2, 0.25) is 0 Å². The topological polar surface area (TPSA) is 66.8 Å². The minimum Gasteiger partial charge on any atom is -0.479 e. The molecule has 0 spiro atoms. The van der Waals surface area contributed by atoms with E-state index < -0.39 is 23.7 Å². The number of aliphatic carboxylic acids is 1. The number of rotatable bonds is 5. The van der Waals surface area contributed by atoms with E-state index in [-0.39, 0.29) is 0 Å². The van der Waals surface area contributed by atoms with Crippen LogP contribution in [0.4, 0.5) is 4.79 Å². The van der Waals surface area contributed by atoms with Gasteiger partial charge >= 0.3 is 12.1 Å². The van der Waals surface area contributed by atoms with Crippen molar-refractivity contribution in [2.24, 2.45) is 0 Å². The Labute approximate surface area is 153 Å². The summed E-state index contributed by atoms with van der Waals surface area (Å²) in [5.74, 6) is -1.10. The first-order valence-electron chi connectivity index (χ1n) is 7.24. The van der Waals surface area contributed by atoms with Crippen LogP contribution in [0.25, 0.3) is 0 Å². The van der Waals surface area contributed by atoms with Gasteiger partial charge in [0.15, 0.2) is 6.04 Å². The van der Waals surface area contributed by atoms with E-state index in [9.17, 15) is 14.7 Å². The number of amides is 1. The molecular weight excluding hydrogens is 430 g/mol. The van der Waals surface area contributed by atoms with Crippen molar-refractivity contribution in [2.75, 3.05) is 6.54 Å². The van der Waals surface area contributed by atoms with Gasteiger partial charge in [-0.05, 0) is 76.7 Å². The minimum atomic E-state index is -1.10. The van der Waals surface area contributed by atoms with E-state index in [1.165, 1.54) is 4.90 Å². The number of carbonyl (C=O) groups excluding carboxylic acids is 1. The highest BCUT2D eigenvalue weighted by Crippen LogP contribution is 2.30. The van der Waals surface area contributed by atoms with Crippen molar-refractivity contribution >= 4 is 43.9 Å². The molecule has 1 amide bonds. The molecule has 0 aliphatic heterocycles. The van der Waals surface area contributed by atoms with E-state index >= 15 is 0 Å². The molecule has 0 saturated carbocycles. The lowest BCUT2D eigenvalue weighted by molar-refractivity contribution is -0.143. The van der Waals surface area contributed by atoms with Crippen molar-refractivity contribution in [1.29, 1.82) is 0 Å². The smallest absolute Gasteiger partial charge is 0.411 e. The molecule has 1 atom stereocenters. The number of carboxylic acid groups (broad SMARTS) is 1. The Morgan fingerprint density at radius 1 is 1.26 bits per heavy atom. The van der Waals surface area contributed by atoms with E-state index in [1.54, 1.807) is 39.0 Å². The maximum absolute atomic E-state index is 12.4. The average Bonchev–Trinajstić information content (AvgIpc) is 2.39. The van der Waals surface area contributed by atoms with Gasteiger partial charge in [0, 0.05) is 15.5 Å². The summed E-state index contributed by atoms with van der Waals surface area (Å²) in [7, 11) is 0. The van der Waals surface area contributed by atoms with Crippen LogP contribution in [-0.2, 0) is 9.53 Å². The first-order valence-corrected chi connectivity index (χ1v) is 8.82. The number of hydrogen-bond acceptors (Lipinski definition) is 3. The van der Waals surface area contributed by atoms with Crippen LogP contribution in [0.3, 0.4) is 0 Å². The van der Waals surface area contributed by atoms with Gasteiger partial charge < -0.3 is 9.84 Å². The molecule has 0 fully saturated rings. The van der Waals surface area contributed by atoms with Gasteiger partial charge in [-0.2, -0.15) is 0 Å². The molecule has 0 aliphatic rings. The molecular formula is C16H21Br2NO4. The Hall–Kier alpha value is -1.08. The van der Waals surface area contributed by atoms with Crippen LogP contribution in [0.5, 0.6) is 0 Å². The normalized spacial score (nSPS) is 12.6. The Morgan fingerprint density at radius 3 is 2.30 bits per heavy atom. The minimum absolute atomic E-state index is 0.291. The van der Waals surface area contributed by atoms with E-state index in [4.69, 9.17) is 4.74 Å². The molecule has 0 aromatic heterocycles. The molecule has 0 saturated heterocycles. The quantitative estimate of drug-likeness (QED) is 0.686. The molecule has 0 radical (unpaired) electrons. The molecule has 7 heteroatoms. The highest BCUT2D eigenvalue weighted by atomic mass is 79.9. The second-order valence-electron chi connectivity index (χ2n) is 6.09. The standard InChI is InChI=1S/C16H21Br2NO4/c1-5-8-19(15(22)23-16(2,3)4)13(14(20)21)10-6-7-11(17)12(18)9-10/h6-7,9,13H,5,8H2,1-4H3,(H,20,21). The third-order valence-corrected chi connectivity index (χ3v) is 4.78. The molecule has 0 bridgehead atoms. The molecule has 1 unspecified atom stereocenters. The van der Waals surface area contributed by atoms with E-state index in [0.29, 0.717) is 18.5 Å². The van der Waals surface area contributed by atoms with Gasteiger partial charge in [-0.3, -0.25) is 4.90 Å². The van der Waals surface area contributed by atoms with E-state index in [0.717, 1.165) is 8.95 Å². The fourth-order valence-electron chi connectivity index (χ4n) is 2.03. The third kappa shape index (κ3) is 5.80. The summed E-state index contributed by atoms with van der Waals surface area (Å²) in [6.07, 6.45) is -0.00781. The number of nitrogens with zero attached hydrogens (tertiary/aromatic N) is 1. The zero-order valence-electron chi connectivity index (χ0n) is 13.6. The predicted octanol–water partition coefficient (Wildman–Crippen LogP) is 4.98. The number of halogens is 2. The van der Waals surface area contributed by atoms with Crippen LogP contribution in [-0.4, -0.2) is 34.2 Å². The number of carboxylic acids is 1. The van der Waals surface area contributed by atoms with E-state index in [2.05, 4.69) is 31.9 Å². The van der Waals surface area contributed by atoms with Crippen LogP contribution in [0.1, 0.15) is 45.7 Å². The number of benzene rings is 1. The van der Waals surface area contributed by atoms with Crippen molar-refractivity contribution < 1.29 is 19.4 Å². The van der Waals surface area contributed by atoms with Gasteiger partial charge in [-0.15, -0.1) is 0 Å². The van der Waals surface area contributed by atoms with Crippen LogP contribution >= 0.6 is 31.9 Å². The summed E-state index contributed by atoms with van der Waals surface area (Å²) in [5.41, 5.74) is -0.182. The molecule has 1 N–H and O–H groups in total. The van der Waals surface area contributed by atoms with Gasteiger partial charge in [-0.1, -0.05) is 13.0 Å². The van der Waals surface area contributed by atoms with Crippen LogP contribution in [0.2, 0.25) is 0 Å². The van der Waals surface area contributed by atoms with Crippen molar-refractivity contribution in [3.05, 3.63) is 32.7 Å². The second-order valence-corrected chi connectivity index (χ2v) is 7.80. The summed E-state index contributed by atoms with van der Waals surface area (Å²) in [5, 5.41) is 9.65. The molecule has 128 valence electrons. The Kier molecular flexibility index (Phi) is 7.07. The lowest BCUT2D eigenvalue weighted by atomic mass is 10.1. The van der Waals surface area contributed by atoms with Crippen molar-refractivity contribution in [1.82, 2.24) is 4.90 Å². The number of carbonyl (C=O) groups is 2. The van der Waals surface area contributed by atoms with Gasteiger partial charge in [0.05, 0.1) is 0 Å². The van der Waals surface area contributed by atoms with Crippen molar-refractivity contribution in [2.45, 2.75) is 45.8 Å². The third-order valence-electron chi connectivity index (χ3n) is 2.90. The molecule has 1 aromatic rings. The Morgan fingerprint density at radius 2 is 1.87 bits per heavy atom. The van der Waals surface area contributed by atoms with Crippen LogP contribution in [0, 0.1) is 0 Å². The molecule has 0 aliphatic carbocycles. The largest absolute Gasteiger partial charge is 0.479 e. The maximum atomic E-state index is 12.4. The van der Waals surface area contributed by atoms with Crippen molar-refractivity contribution in [3.8, 4) is 0 Å². The fraction of sp³-hybridized carbons (Fsp3) is 0.500. The molecule has 1 rings (SSSR count). The molecule has 5 nitrogen and oxygen atoms in total. The van der Waals surface area contributed by atoms with Gasteiger partial charge in [0.1, 0.15) is 5.60 Å². The van der Waals surface area contributed by atoms with Crippen LogP contribution in [0.15, 0.2) is 27.1 Å². The predicted molar refractivity (Wildman–Crippen MR) is 95.4 cm³/mol. The highest BCUT2D eigenvalue weighted by molar-refractivity contribution is 9.13.